The molecule has 0 saturated carbocycles. The minimum Gasteiger partial charge on any atom is -0.489 e. The van der Waals surface area contributed by atoms with E-state index in [-0.39, 0.29) is 18.3 Å². The average Bonchev–Trinajstić information content (AvgIpc) is 3.17. The fraction of sp³-hybridized carbons (Fsp3) is 0.0385. The second kappa shape index (κ2) is 7.76. The van der Waals surface area contributed by atoms with Crippen molar-refractivity contribution in [3.63, 3.8) is 0 Å². The van der Waals surface area contributed by atoms with Crippen LogP contribution in [0.3, 0.4) is 0 Å². The Hall–Kier alpha value is -4.05. The summed E-state index contributed by atoms with van der Waals surface area (Å²) in [6.45, 7) is 0.235. The SMILES string of the molecule is O=C(Nc1cccc2ccccc12)c1oc2ccccc2c1COc1ccccc1. The van der Waals surface area contributed by atoms with E-state index in [2.05, 4.69) is 5.32 Å². The number of amides is 1. The van der Waals surface area contributed by atoms with E-state index in [1.807, 2.05) is 97.1 Å². The van der Waals surface area contributed by atoms with Gasteiger partial charge in [-0.25, -0.2) is 0 Å². The summed E-state index contributed by atoms with van der Waals surface area (Å²) < 4.78 is 11.9. The summed E-state index contributed by atoms with van der Waals surface area (Å²) in [5.74, 6) is 0.706. The van der Waals surface area contributed by atoms with Crippen molar-refractivity contribution in [1.29, 1.82) is 0 Å². The quantitative estimate of drug-likeness (QED) is 0.375. The Morgan fingerprint density at radius 2 is 1.47 bits per heavy atom. The molecule has 1 N–H and O–H groups in total. The van der Waals surface area contributed by atoms with E-state index >= 15 is 0 Å². The molecule has 0 spiro atoms. The number of benzene rings is 4. The Balaban J connectivity index is 1.50. The predicted octanol–water partition coefficient (Wildman–Crippen LogP) is 6.42. The maximum absolute atomic E-state index is 13.2. The fourth-order valence-corrected chi connectivity index (χ4v) is 3.61. The van der Waals surface area contributed by atoms with E-state index in [0.717, 1.165) is 33.2 Å². The molecule has 30 heavy (non-hydrogen) atoms. The van der Waals surface area contributed by atoms with Crippen molar-refractivity contribution in [3.8, 4) is 5.75 Å². The molecule has 0 aliphatic rings. The summed E-state index contributed by atoms with van der Waals surface area (Å²) in [4.78, 5) is 13.2. The van der Waals surface area contributed by atoms with E-state index in [0.29, 0.717) is 5.58 Å². The number of carbonyl (C=O) groups is 1. The lowest BCUT2D eigenvalue weighted by Crippen LogP contribution is -2.14. The zero-order valence-corrected chi connectivity index (χ0v) is 16.2. The van der Waals surface area contributed by atoms with Gasteiger partial charge in [0.25, 0.3) is 5.91 Å². The number of carbonyl (C=O) groups excluding carboxylic acids is 1. The third-order valence-electron chi connectivity index (χ3n) is 5.07. The fourth-order valence-electron chi connectivity index (χ4n) is 3.61. The maximum Gasteiger partial charge on any atom is 0.291 e. The van der Waals surface area contributed by atoms with Gasteiger partial charge in [-0.05, 0) is 29.7 Å². The lowest BCUT2D eigenvalue weighted by molar-refractivity contribution is 0.0995. The highest BCUT2D eigenvalue weighted by atomic mass is 16.5. The molecular formula is C26H19NO3. The Kier molecular flexibility index (Phi) is 4.66. The minimum absolute atomic E-state index is 0.235. The molecule has 4 heteroatoms. The second-order valence-electron chi connectivity index (χ2n) is 6.99. The summed E-state index contributed by atoms with van der Waals surface area (Å²) in [7, 11) is 0. The number of para-hydroxylation sites is 2. The lowest BCUT2D eigenvalue weighted by Gasteiger charge is -2.09. The molecule has 5 rings (SSSR count). The summed E-state index contributed by atoms with van der Waals surface area (Å²) in [5, 5.41) is 5.93. The van der Waals surface area contributed by atoms with Crippen molar-refractivity contribution in [3.05, 3.63) is 108 Å². The van der Waals surface area contributed by atoms with Crippen molar-refractivity contribution >= 4 is 33.3 Å². The normalized spacial score (nSPS) is 10.9. The van der Waals surface area contributed by atoms with Gasteiger partial charge in [0.15, 0.2) is 5.76 Å². The minimum atomic E-state index is -0.297. The molecule has 0 aliphatic heterocycles. The summed E-state index contributed by atoms with van der Waals surface area (Å²) in [6.07, 6.45) is 0. The number of furan rings is 1. The molecule has 0 radical (unpaired) electrons. The van der Waals surface area contributed by atoms with E-state index < -0.39 is 0 Å². The topological polar surface area (TPSA) is 51.5 Å². The van der Waals surface area contributed by atoms with Gasteiger partial charge in [-0.3, -0.25) is 4.79 Å². The van der Waals surface area contributed by atoms with Crippen molar-refractivity contribution in [2.24, 2.45) is 0 Å². The molecule has 5 aromatic rings. The number of hydrogen-bond acceptors (Lipinski definition) is 3. The van der Waals surface area contributed by atoms with E-state index in [4.69, 9.17) is 9.15 Å². The van der Waals surface area contributed by atoms with Crippen LogP contribution in [0.2, 0.25) is 0 Å². The van der Waals surface area contributed by atoms with Crippen molar-refractivity contribution in [2.75, 3.05) is 5.32 Å². The first kappa shape index (κ1) is 18.0. The standard InChI is InChI=1S/C26H19NO3/c28-26(27-23-15-8-10-18-9-4-5-13-20(18)23)25-22(17-29-19-11-2-1-3-12-19)21-14-6-7-16-24(21)30-25/h1-16H,17H2,(H,27,28). The Bertz CT molecular complexity index is 1330. The van der Waals surface area contributed by atoms with E-state index in [1.165, 1.54) is 0 Å². The maximum atomic E-state index is 13.2. The first-order valence-corrected chi connectivity index (χ1v) is 9.77. The van der Waals surface area contributed by atoms with Gasteiger partial charge < -0.3 is 14.5 Å². The smallest absolute Gasteiger partial charge is 0.291 e. The lowest BCUT2D eigenvalue weighted by atomic mass is 10.1. The number of nitrogens with one attached hydrogen (secondary N) is 1. The Morgan fingerprint density at radius 1 is 0.767 bits per heavy atom. The van der Waals surface area contributed by atoms with Crippen molar-refractivity contribution in [1.82, 2.24) is 0 Å². The number of rotatable bonds is 5. The third kappa shape index (κ3) is 3.40. The largest absolute Gasteiger partial charge is 0.489 e. The molecule has 4 aromatic carbocycles. The zero-order chi connectivity index (χ0) is 20.3. The molecule has 146 valence electrons. The van der Waals surface area contributed by atoms with Crippen LogP contribution in [-0.4, -0.2) is 5.91 Å². The predicted molar refractivity (Wildman–Crippen MR) is 119 cm³/mol. The highest BCUT2D eigenvalue weighted by Crippen LogP contribution is 2.29. The molecule has 0 atom stereocenters. The molecule has 0 saturated heterocycles. The number of hydrogen-bond donors (Lipinski definition) is 1. The first-order chi connectivity index (χ1) is 14.8. The summed E-state index contributed by atoms with van der Waals surface area (Å²) in [6, 6.07) is 30.9. The third-order valence-corrected chi connectivity index (χ3v) is 5.07. The van der Waals surface area contributed by atoms with Crippen LogP contribution < -0.4 is 10.1 Å². The van der Waals surface area contributed by atoms with Crippen LogP contribution in [0.25, 0.3) is 21.7 Å². The van der Waals surface area contributed by atoms with Gasteiger partial charge in [0.1, 0.15) is 17.9 Å². The highest BCUT2D eigenvalue weighted by molar-refractivity contribution is 6.10. The van der Waals surface area contributed by atoms with Crippen LogP contribution in [-0.2, 0) is 6.61 Å². The van der Waals surface area contributed by atoms with Crippen LogP contribution in [0.1, 0.15) is 16.1 Å². The van der Waals surface area contributed by atoms with Crippen LogP contribution >= 0.6 is 0 Å². The van der Waals surface area contributed by atoms with Crippen LogP contribution in [0.15, 0.2) is 101 Å². The molecule has 0 bridgehead atoms. The van der Waals surface area contributed by atoms with Crippen LogP contribution in [0.5, 0.6) is 5.75 Å². The molecular weight excluding hydrogens is 374 g/mol. The molecule has 1 heterocycles. The second-order valence-corrected chi connectivity index (χ2v) is 6.99. The van der Waals surface area contributed by atoms with Gasteiger partial charge >= 0.3 is 0 Å². The highest BCUT2D eigenvalue weighted by Gasteiger charge is 2.21. The van der Waals surface area contributed by atoms with Gasteiger partial charge in [0.2, 0.25) is 0 Å². The first-order valence-electron chi connectivity index (χ1n) is 9.77. The van der Waals surface area contributed by atoms with E-state index in [9.17, 15) is 4.79 Å². The van der Waals surface area contributed by atoms with Crippen LogP contribution in [0, 0.1) is 0 Å². The Labute approximate surface area is 173 Å². The van der Waals surface area contributed by atoms with Gasteiger partial charge in [-0.15, -0.1) is 0 Å². The summed E-state index contributed by atoms with van der Waals surface area (Å²) in [5.41, 5.74) is 2.13. The van der Waals surface area contributed by atoms with Gasteiger partial charge in [-0.2, -0.15) is 0 Å². The zero-order valence-electron chi connectivity index (χ0n) is 16.2. The monoisotopic (exact) mass is 393 g/mol. The molecule has 1 aromatic heterocycles. The van der Waals surface area contributed by atoms with Gasteiger partial charge in [0.05, 0.1) is 0 Å². The number of fused-ring (bicyclic) bond motifs is 2. The Morgan fingerprint density at radius 3 is 2.33 bits per heavy atom. The molecule has 0 aliphatic carbocycles. The summed E-state index contributed by atoms with van der Waals surface area (Å²) >= 11 is 0. The molecule has 1 amide bonds. The van der Waals surface area contributed by atoms with Gasteiger partial charge in [-0.1, -0.05) is 72.8 Å². The van der Waals surface area contributed by atoms with Crippen LogP contribution in [0.4, 0.5) is 5.69 Å². The average molecular weight is 393 g/mol. The number of anilines is 1. The molecule has 4 nitrogen and oxygen atoms in total. The van der Waals surface area contributed by atoms with Crippen molar-refractivity contribution < 1.29 is 13.9 Å². The van der Waals surface area contributed by atoms with E-state index in [1.54, 1.807) is 0 Å². The molecule has 0 fully saturated rings. The van der Waals surface area contributed by atoms with Gasteiger partial charge in [0, 0.05) is 22.0 Å². The number of ether oxygens (including phenoxy) is 1. The molecule has 0 unspecified atom stereocenters. The van der Waals surface area contributed by atoms with Crippen molar-refractivity contribution in [2.45, 2.75) is 6.61 Å².